The Morgan fingerprint density at radius 1 is 0.903 bits per heavy atom. The molecule has 184 valence electrons. The summed E-state index contributed by atoms with van der Waals surface area (Å²) < 4.78 is 5.19. The van der Waals surface area contributed by atoms with Gasteiger partial charge >= 0.3 is 0 Å². The van der Waals surface area contributed by atoms with E-state index < -0.39 is 0 Å². The number of carbonyl (C=O) groups excluding carboxylic acids is 1. The maximum absolute atomic E-state index is 12.9. The Kier molecular flexibility index (Phi) is 13.1. The highest BCUT2D eigenvalue weighted by molar-refractivity contribution is 5.79. The lowest BCUT2D eigenvalue weighted by molar-refractivity contribution is -0.145. The van der Waals surface area contributed by atoms with Gasteiger partial charge in [0.15, 0.2) is 0 Å². The summed E-state index contributed by atoms with van der Waals surface area (Å²) in [6.07, 6.45) is 1.49. The topological polar surface area (TPSA) is 45.7 Å². The highest BCUT2D eigenvalue weighted by Crippen LogP contribution is 2.15. The third-order valence-electron chi connectivity index (χ3n) is 7.22. The zero-order valence-corrected chi connectivity index (χ0v) is 21.8. The molecule has 0 aliphatic carbocycles. The molecule has 8 heteroatoms. The molecule has 1 amide bonds. The number of rotatable bonds is 15. The van der Waals surface area contributed by atoms with Gasteiger partial charge in [-0.1, -0.05) is 6.92 Å². The van der Waals surface area contributed by atoms with Gasteiger partial charge in [0, 0.05) is 52.4 Å². The number of likely N-dealkylation sites (N-methyl/N-ethyl adjacent to an activating group) is 3. The van der Waals surface area contributed by atoms with Gasteiger partial charge in [0.2, 0.25) is 5.91 Å². The Morgan fingerprint density at radius 2 is 1.55 bits per heavy atom. The molecule has 8 nitrogen and oxygen atoms in total. The van der Waals surface area contributed by atoms with E-state index in [9.17, 15) is 4.79 Å². The fraction of sp³-hybridized carbons (Fsp3) is 0.957. The smallest absolute Gasteiger partial charge is 0.238 e. The zero-order chi connectivity index (χ0) is 23.6. The summed E-state index contributed by atoms with van der Waals surface area (Å²) in [6, 6.07) is 0.506. The average molecular weight is 443 g/mol. The van der Waals surface area contributed by atoms with Crippen molar-refractivity contribution in [2.24, 2.45) is 0 Å². The van der Waals surface area contributed by atoms with Crippen molar-refractivity contribution in [1.82, 2.24) is 29.4 Å². The minimum atomic E-state index is 0.136. The third-order valence-corrected chi connectivity index (χ3v) is 7.22. The van der Waals surface area contributed by atoms with Crippen molar-refractivity contribution in [2.75, 3.05) is 94.3 Å². The van der Waals surface area contributed by atoms with Gasteiger partial charge in [-0.3, -0.25) is 19.5 Å². The van der Waals surface area contributed by atoms with Crippen LogP contribution < -0.4 is 0 Å². The van der Waals surface area contributed by atoms with Crippen LogP contribution in [-0.2, 0) is 9.53 Å². The van der Waals surface area contributed by atoms with Crippen LogP contribution in [0.15, 0.2) is 0 Å². The van der Waals surface area contributed by atoms with E-state index in [1.807, 2.05) is 4.90 Å². The molecule has 0 radical (unpaired) electrons. The molecule has 31 heavy (non-hydrogen) atoms. The van der Waals surface area contributed by atoms with Crippen LogP contribution in [0.2, 0.25) is 0 Å². The SMILES string of the molecule is CCN(C)CCN(C)C(C)N1CCN(C(C)N(C)CCC(C)N(C)CCOC)CC1=O. The molecule has 1 heterocycles. The lowest BCUT2D eigenvalue weighted by Gasteiger charge is -2.44. The summed E-state index contributed by atoms with van der Waals surface area (Å²) >= 11 is 0. The largest absolute Gasteiger partial charge is 0.383 e. The summed E-state index contributed by atoms with van der Waals surface area (Å²) in [5, 5.41) is 0. The van der Waals surface area contributed by atoms with Crippen LogP contribution in [0.25, 0.3) is 0 Å². The van der Waals surface area contributed by atoms with Crippen LogP contribution in [0.5, 0.6) is 0 Å². The van der Waals surface area contributed by atoms with Crippen molar-refractivity contribution in [3.8, 4) is 0 Å². The van der Waals surface area contributed by atoms with Gasteiger partial charge in [-0.05, 0) is 61.9 Å². The molecule has 0 N–H and O–H groups in total. The van der Waals surface area contributed by atoms with E-state index in [1.54, 1.807) is 7.11 Å². The second kappa shape index (κ2) is 14.4. The van der Waals surface area contributed by atoms with Crippen LogP contribution >= 0.6 is 0 Å². The molecule has 1 fully saturated rings. The van der Waals surface area contributed by atoms with Gasteiger partial charge in [-0.25, -0.2) is 0 Å². The molecule has 1 rings (SSSR count). The van der Waals surface area contributed by atoms with Crippen molar-refractivity contribution in [2.45, 2.75) is 52.5 Å². The second-order valence-corrected chi connectivity index (χ2v) is 9.29. The van der Waals surface area contributed by atoms with Crippen molar-refractivity contribution >= 4 is 5.91 Å². The van der Waals surface area contributed by atoms with E-state index in [-0.39, 0.29) is 18.2 Å². The number of hydrogen-bond donors (Lipinski definition) is 0. The quantitative estimate of drug-likeness (QED) is 0.375. The van der Waals surface area contributed by atoms with E-state index in [4.69, 9.17) is 4.74 Å². The normalized spacial score (nSPS) is 19.1. The summed E-state index contributed by atoms with van der Waals surface area (Å²) in [5.41, 5.74) is 0. The number of ether oxygens (including phenoxy) is 1. The van der Waals surface area contributed by atoms with E-state index in [0.29, 0.717) is 12.6 Å². The van der Waals surface area contributed by atoms with Crippen LogP contribution in [0, 0.1) is 0 Å². The molecule has 0 aromatic heterocycles. The lowest BCUT2D eigenvalue weighted by Crippen LogP contribution is -2.60. The minimum absolute atomic E-state index is 0.136. The predicted octanol–water partition coefficient (Wildman–Crippen LogP) is 0.995. The van der Waals surface area contributed by atoms with Crippen molar-refractivity contribution in [3.05, 3.63) is 0 Å². The summed E-state index contributed by atoms with van der Waals surface area (Å²) in [4.78, 5) is 26.6. The third kappa shape index (κ3) is 9.32. The molecule has 1 aliphatic heterocycles. The standard InChI is InChI=1S/C23H50N6O2/c1-10-24(5)13-14-27(8)22(4)29-16-15-28(19-23(29)30)21(3)26(7)12-11-20(2)25(6)17-18-31-9/h20-22H,10-19H2,1-9H3. The van der Waals surface area contributed by atoms with Gasteiger partial charge in [-0.15, -0.1) is 0 Å². The molecule has 0 saturated carbocycles. The van der Waals surface area contributed by atoms with Gasteiger partial charge in [0.1, 0.15) is 0 Å². The van der Waals surface area contributed by atoms with Crippen LogP contribution in [0.4, 0.5) is 0 Å². The number of nitrogens with zero attached hydrogens (tertiary/aromatic N) is 6. The monoisotopic (exact) mass is 442 g/mol. The summed E-state index contributed by atoms with van der Waals surface area (Å²) in [5.74, 6) is 0.238. The number of carbonyl (C=O) groups is 1. The lowest BCUT2D eigenvalue weighted by atomic mass is 10.2. The first kappa shape index (κ1) is 28.3. The van der Waals surface area contributed by atoms with E-state index in [1.165, 1.54) is 0 Å². The van der Waals surface area contributed by atoms with Crippen LogP contribution in [0.3, 0.4) is 0 Å². The Morgan fingerprint density at radius 3 is 2.13 bits per heavy atom. The molecule has 0 spiro atoms. The maximum atomic E-state index is 12.9. The average Bonchev–Trinajstić information content (AvgIpc) is 2.77. The maximum Gasteiger partial charge on any atom is 0.238 e. The van der Waals surface area contributed by atoms with E-state index in [2.05, 4.69) is 80.4 Å². The van der Waals surface area contributed by atoms with E-state index in [0.717, 1.165) is 58.8 Å². The molecule has 0 aromatic carbocycles. The van der Waals surface area contributed by atoms with Gasteiger partial charge < -0.3 is 19.4 Å². The molecule has 0 bridgehead atoms. The number of hydrogen-bond acceptors (Lipinski definition) is 7. The Balaban J connectivity index is 2.47. The van der Waals surface area contributed by atoms with Crippen molar-refractivity contribution in [3.63, 3.8) is 0 Å². The molecular formula is C23H50N6O2. The van der Waals surface area contributed by atoms with Crippen LogP contribution in [-0.4, -0.2) is 148 Å². The summed E-state index contributed by atoms with van der Waals surface area (Å²) in [6.45, 7) is 16.8. The zero-order valence-electron chi connectivity index (χ0n) is 21.8. The number of piperazine rings is 1. The Hall–Kier alpha value is -0.770. The highest BCUT2D eigenvalue weighted by Gasteiger charge is 2.32. The Labute approximate surface area is 192 Å². The number of amides is 1. The number of methoxy groups -OCH3 is 1. The highest BCUT2D eigenvalue weighted by atomic mass is 16.5. The van der Waals surface area contributed by atoms with Crippen molar-refractivity contribution in [1.29, 1.82) is 0 Å². The van der Waals surface area contributed by atoms with Crippen LogP contribution in [0.1, 0.15) is 34.1 Å². The second-order valence-electron chi connectivity index (χ2n) is 9.29. The molecule has 1 aliphatic rings. The van der Waals surface area contributed by atoms with E-state index >= 15 is 0 Å². The molecule has 0 aromatic rings. The molecule has 3 unspecified atom stereocenters. The molecular weight excluding hydrogens is 392 g/mol. The first-order chi connectivity index (χ1) is 14.6. The molecule has 1 saturated heterocycles. The fourth-order valence-corrected chi connectivity index (χ4v) is 3.86. The Bertz CT molecular complexity index is 508. The fourth-order valence-electron chi connectivity index (χ4n) is 3.86. The first-order valence-electron chi connectivity index (χ1n) is 11.9. The van der Waals surface area contributed by atoms with Crippen molar-refractivity contribution < 1.29 is 9.53 Å². The predicted molar refractivity (Wildman–Crippen MR) is 129 cm³/mol. The van der Waals surface area contributed by atoms with Gasteiger partial charge in [-0.2, -0.15) is 0 Å². The van der Waals surface area contributed by atoms with Gasteiger partial charge in [0.25, 0.3) is 0 Å². The summed E-state index contributed by atoms with van der Waals surface area (Å²) in [7, 11) is 10.3. The molecule has 3 atom stereocenters. The first-order valence-corrected chi connectivity index (χ1v) is 11.9. The van der Waals surface area contributed by atoms with Gasteiger partial charge in [0.05, 0.1) is 25.5 Å². The minimum Gasteiger partial charge on any atom is -0.383 e.